The van der Waals surface area contributed by atoms with E-state index in [4.69, 9.17) is 0 Å². The van der Waals surface area contributed by atoms with Crippen molar-refractivity contribution < 1.29 is 0 Å². The van der Waals surface area contributed by atoms with Crippen molar-refractivity contribution in [2.75, 3.05) is 29.5 Å². The quantitative estimate of drug-likeness (QED) is 0.742. The summed E-state index contributed by atoms with van der Waals surface area (Å²) in [5.74, 6) is 3.34. The second kappa shape index (κ2) is 4.79. The topological polar surface area (TPSA) is 44.9 Å². The predicted molar refractivity (Wildman–Crippen MR) is 66.8 cm³/mol. The fourth-order valence-corrected chi connectivity index (χ4v) is 2.98. The Kier molecular flexibility index (Phi) is 3.39. The van der Waals surface area contributed by atoms with E-state index in [2.05, 4.69) is 16.1 Å². The Morgan fingerprint density at radius 2 is 2.19 bits per heavy atom. The molecule has 0 N–H and O–H groups in total. The first kappa shape index (κ1) is 11.3. The minimum absolute atomic E-state index is 0.731. The highest BCUT2D eigenvalue weighted by molar-refractivity contribution is 7.99. The molecular weight excluding hydrogens is 220 g/mol. The Labute approximate surface area is 100 Å². The summed E-state index contributed by atoms with van der Waals surface area (Å²) < 4.78 is 1.84. The van der Waals surface area contributed by atoms with Crippen LogP contribution >= 0.6 is 11.8 Å². The standard InChI is InChI=1S/C11H16N4S/c1-9-10(8-12)11(14(2)13-9)15-4-3-6-16-7-5-15/h3-7H2,1-2H3. The summed E-state index contributed by atoms with van der Waals surface area (Å²) in [6.45, 7) is 3.94. The van der Waals surface area contributed by atoms with Crippen LogP contribution in [0, 0.1) is 18.3 Å². The van der Waals surface area contributed by atoms with Crippen molar-refractivity contribution in [1.82, 2.24) is 9.78 Å². The monoisotopic (exact) mass is 236 g/mol. The Balaban J connectivity index is 2.34. The second-order valence-corrected chi connectivity index (χ2v) is 5.20. The number of nitriles is 1. The van der Waals surface area contributed by atoms with Gasteiger partial charge < -0.3 is 4.90 Å². The van der Waals surface area contributed by atoms with Crippen molar-refractivity contribution in [3.8, 4) is 6.07 Å². The van der Waals surface area contributed by atoms with Gasteiger partial charge in [-0.25, -0.2) is 0 Å². The van der Waals surface area contributed by atoms with Crippen molar-refractivity contribution in [2.45, 2.75) is 13.3 Å². The molecule has 1 fully saturated rings. The van der Waals surface area contributed by atoms with E-state index in [9.17, 15) is 5.26 Å². The van der Waals surface area contributed by atoms with Crippen LogP contribution in [-0.4, -0.2) is 34.4 Å². The molecule has 0 unspecified atom stereocenters. The van der Waals surface area contributed by atoms with Gasteiger partial charge in [-0.1, -0.05) is 0 Å². The molecule has 0 saturated carbocycles. The lowest BCUT2D eigenvalue weighted by atomic mass is 10.2. The number of thioether (sulfide) groups is 1. The smallest absolute Gasteiger partial charge is 0.144 e. The van der Waals surface area contributed by atoms with Gasteiger partial charge in [0.05, 0.1) is 5.69 Å². The van der Waals surface area contributed by atoms with Gasteiger partial charge in [-0.15, -0.1) is 0 Å². The third-order valence-electron chi connectivity index (χ3n) is 2.83. The average molecular weight is 236 g/mol. The molecule has 1 aliphatic heterocycles. The summed E-state index contributed by atoms with van der Waals surface area (Å²) in [7, 11) is 1.92. The van der Waals surface area contributed by atoms with Gasteiger partial charge in [-0.05, 0) is 19.1 Å². The van der Waals surface area contributed by atoms with E-state index in [0.717, 1.165) is 35.9 Å². The number of rotatable bonds is 1. The number of nitrogens with zero attached hydrogens (tertiary/aromatic N) is 4. The van der Waals surface area contributed by atoms with E-state index >= 15 is 0 Å². The van der Waals surface area contributed by atoms with Crippen LogP contribution in [0.5, 0.6) is 0 Å². The lowest BCUT2D eigenvalue weighted by molar-refractivity contribution is 0.705. The predicted octanol–water partition coefficient (Wildman–Crippen LogP) is 1.54. The molecule has 0 radical (unpaired) electrons. The molecule has 4 nitrogen and oxygen atoms in total. The maximum atomic E-state index is 9.18. The van der Waals surface area contributed by atoms with Gasteiger partial charge in [0.15, 0.2) is 0 Å². The number of hydrogen-bond donors (Lipinski definition) is 0. The van der Waals surface area contributed by atoms with Gasteiger partial charge in [0.25, 0.3) is 0 Å². The zero-order valence-electron chi connectivity index (χ0n) is 9.73. The van der Waals surface area contributed by atoms with Crippen molar-refractivity contribution in [1.29, 1.82) is 5.26 Å². The molecule has 1 aliphatic rings. The molecule has 16 heavy (non-hydrogen) atoms. The first-order valence-electron chi connectivity index (χ1n) is 5.50. The molecule has 0 amide bonds. The van der Waals surface area contributed by atoms with Gasteiger partial charge in [0.2, 0.25) is 0 Å². The third-order valence-corrected chi connectivity index (χ3v) is 3.87. The van der Waals surface area contributed by atoms with Crippen LogP contribution in [-0.2, 0) is 7.05 Å². The lowest BCUT2D eigenvalue weighted by Gasteiger charge is -2.22. The van der Waals surface area contributed by atoms with E-state index in [1.54, 1.807) is 0 Å². The molecule has 0 bridgehead atoms. The van der Waals surface area contributed by atoms with Crippen LogP contribution in [0.2, 0.25) is 0 Å². The molecule has 0 aromatic carbocycles. The molecule has 1 aromatic rings. The highest BCUT2D eigenvalue weighted by Gasteiger charge is 2.20. The van der Waals surface area contributed by atoms with Crippen molar-refractivity contribution in [3.63, 3.8) is 0 Å². The fraction of sp³-hybridized carbons (Fsp3) is 0.636. The highest BCUT2D eigenvalue weighted by Crippen LogP contribution is 2.24. The summed E-state index contributed by atoms with van der Waals surface area (Å²) in [4.78, 5) is 2.29. The molecule has 0 aliphatic carbocycles. The van der Waals surface area contributed by atoms with Gasteiger partial charge >= 0.3 is 0 Å². The summed E-state index contributed by atoms with van der Waals surface area (Å²) >= 11 is 1.99. The maximum Gasteiger partial charge on any atom is 0.144 e. The average Bonchev–Trinajstić information content (AvgIpc) is 2.48. The Bertz CT molecular complexity index is 410. The Morgan fingerprint density at radius 3 is 2.94 bits per heavy atom. The minimum atomic E-state index is 0.731. The first-order valence-corrected chi connectivity index (χ1v) is 6.66. The molecular formula is C11H16N4S. The Hall–Kier alpha value is -1.15. The van der Waals surface area contributed by atoms with E-state index in [1.165, 1.54) is 12.2 Å². The molecule has 0 spiro atoms. The number of aromatic nitrogens is 2. The molecule has 2 heterocycles. The summed E-state index contributed by atoms with van der Waals surface area (Å²) in [5, 5.41) is 13.5. The van der Waals surface area contributed by atoms with Crippen LogP contribution in [0.25, 0.3) is 0 Å². The molecule has 5 heteroatoms. The molecule has 86 valence electrons. The van der Waals surface area contributed by atoms with E-state index in [-0.39, 0.29) is 0 Å². The van der Waals surface area contributed by atoms with E-state index < -0.39 is 0 Å². The zero-order chi connectivity index (χ0) is 11.5. The summed E-state index contributed by atoms with van der Waals surface area (Å²) in [6, 6.07) is 2.27. The fourth-order valence-electron chi connectivity index (χ4n) is 2.10. The van der Waals surface area contributed by atoms with Gasteiger partial charge in [-0.3, -0.25) is 4.68 Å². The number of hydrogen-bond acceptors (Lipinski definition) is 4. The van der Waals surface area contributed by atoms with Gasteiger partial charge in [0, 0.05) is 25.9 Å². The van der Waals surface area contributed by atoms with Crippen molar-refractivity contribution >= 4 is 17.6 Å². The van der Waals surface area contributed by atoms with Gasteiger partial charge in [-0.2, -0.15) is 22.1 Å². The molecule has 0 atom stereocenters. The number of aryl methyl sites for hydroxylation is 2. The molecule has 1 aromatic heterocycles. The Morgan fingerprint density at radius 1 is 1.38 bits per heavy atom. The van der Waals surface area contributed by atoms with Crippen LogP contribution in [0.15, 0.2) is 0 Å². The molecule has 2 rings (SSSR count). The first-order chi connectivity index (χ1) is 7.74. The third kappa shape index (κ3) is 2.03. The maximum absolute atomic E-state index is 9.18. The lowest BCUT2D eigenvalue weighted by Crippen LogP contribution is -2.28. The minimum Gasteiger partial charge on any atom is -0.355 e. The van der Waals surface area contributed by atoms with E-state index in [1.807, 2.05) is 30.4 Å². The van der Waals surface area contributed by atoms with Crippen molar-refractivity contribution in [3.05, 3.63) is 11.3 Å². The summed E-state index contributed by atoms with van der Waals surface area (Å²) in [6.07, 6.45) is 1.18. The van der Waals surface area contributed by atoms with Gasteiger partial charge in [0.1, 0.15) is 17.5 Å². The van der Waals surface area contributed by atoms with Crippen molar-refractivity contribution in [2.24, 2.45) is 7.05 Å². The number of anilines is 1. The van der Waals surface area contributed by atoms with Crippen LogP contribution in [0.1, 0.15) is 17.7 Å². The van der Waals surface area contributed by atoms with Crippen LogP contribution in [0.3, 0.4) is 0 Å². The normalized spacial score (nSPS) is 16.9. The zero-order valence-corrected chi connectivity index (χ0v) is 10.5. The SMILES string of the molecule is Cc1nn(C)c(N2CCCSCC2)c1C#N. The van der Waals surface area contributed by atoms with Crippen LogP contribution in [0.4, 0.5) is 5.82 Å². The second-order valence-electron chi connectivity index (χ2n) is 3.97. The largest absolute Gasteiger partial charge is 0.355 e. The highest BCUT2D eigenvalue weighted by atomic mass is 32.2. The summed E-state index contributed by atoms with van der Waals surface area (Å²) in [5.41, 5.74) is 1.56. The van der Waals surface area contributed by atoms with E-state index in [0.29, 0.717) is 0 Å². The molecule has 1 saturated heterocycles. The van der Waals surface area contributed by atoms with Crippen LogP contribution < -0.4 is 4.90 Å².